The SMILES string of the molecule is COC(=O)CC=Cc1ccc2cnccc2c1. The molecule has 1 aromatic carbocycles. The standard InChI is InChI=1S/C14H13NO2/c1-17-14(16)4-2-3-11-5-6-13-10-15-8-7-12(13)9-11/h2-3,5-10H,4H2,1H3. The molecule has 0 unspecified atom stereocenters. The van der Waals surface area contributed by atoms with E-state index in [4.69, 9.17) is 0 Å². The van der Waals surface area contributed by atoms with E-state index in [1.54, 1.807) is 12.3 Å². The third-order valence-corrected chi connectivity index (χ3v) is 2.49. The van der Waals surface area contributed by atoms with Crippen molar-refractivity contribution in [1.82, 2.24) is 4.98 Å². The molecule has 0 aliphatic rings. The molecule has 0 saturated heterocycles. The van der Waals surface area contributed by atoms with Crippen LogP contribution in [0.1, 0.15) is 12.0 Å². The molecule has 0 fully saturated rings. The molecule has 0 N–H and O–H groups in total. The van der Waals surface area contributed by atoms with Crippen molar-refractivity contribution >= 4 is 22.8 Å². The number of carbonyl (C=O) groups is 1. The van der Waals surface area contributed by atoms with Gasteiger partial charge in [0.05, 0.1) is 13.5 Å². The van der Waals surface area contributed by atoms with E-state index in [9.17, 15) is 4.79 Å². The van der Waals surface area contributed by atoms with E-state index in [-0.39, 0.29) is 5.97 Å². The maximum atomic E-state index is 10.9. The molecule has 0 aliphatic carbocycles. The molecule has 86 valence electrons. The second kappa shape index (κ2) is 5.25. The lowest BCUT2D eigenvalue weighted by molar-refractivity contribution is -0.139. The Morgan fingerprint density at radius 3 is 3.06 bits per heavy atom. The second-order valence-corrected chi connectivity index (χ2v) is 3.66. The zero-order chi connectivity index (χ0) is 12.1. The Labute approximate surface area is 99.7 Å². The zero-order valence-electron chi connectivity index (χ0n) is 9.59. The number of hydrogen-bond acceptors (Lipinski definition) is 3. The van der Waals surface area contributed by atoms with Gasteiger partial charge in [-0.2, -0.15) is 0 Å². The van der Waals surface area contributed by atoms with Crippen LogP contribution in [0.25, 0.3) is 16.8 Å². The van der Waals surface area contributed by atoms with Gasteiger partial charge >= 0.3 is 5.97 Å². The van der Waals surface area contributed by atoms with Crippen LogP contribution in [0.2, 0.25) is 0 Å². The van der Waals surface area contributed by atoms with Crippen LogP contribution in [0.4, 0.5) is 0 Å². The lowest BCUT2D eigenvalue weighted by Gasteiger charge is -1.98. The van der Waals surface area contributed by atoms with Gasteiger partial charge in [-0.1, -0.05) is 24.3 Å². The van der Waals surface area contributed by atoms with Crippen LogP contribution in [0, 0.1) is 0 Å². The first-order valence-corrected chi connectivity index (χ1v) is 5.37. The highest BCUT2D eigenvalue weighted by Gasteiger charge is 1.96. The summed E-state index contributed by atoms with van der Waals surface area (Å²) in [6.07, 6.45) is 7.61. The van der Waals surface area contributed by atoms with Crippen LogP contribution < -0.4 is 0 Å². The molecule has 1 aromatic heterocycles. The van der Waals surface area contributed by atoms with Crippen LogP contribution in [0.5, 0.6) is 0 Å². The molecule has 0 atom stereocenters. The molecule has 17 heavy (non-hydrogen) atoms. The summed E-state index contributed by atoms with van der Waals surface area (Å²) < 4.78 is 4.56. The number of carbonyl (C=O) groups excluding carboxylic acids is 1. The van der Waals surface area contributed by atoms with Gasteiger partial charge in [-0.25, -0.2) is 0 Å². The lowest BCUT2D eigenvalue weighted by Crippen LogP contribution is -1.96. The molecular formula is C14H13NO2. The Bertz CT molecular complexity index is 561. The maximum absolute atomic E-state index is 10.9. The van der Waals surface area contributed by atoms with E-state index in [1.807, 2.05) is 30.5 Å². The number of aromatic nitrogens is 1. The summed E-state index contributed by atoms with van der Waals surface area (Å²) in [5.74, 6) is -0.230. The van der Waals surface area contributed by atoms with Crippen molar-refractivity contribution in [3.05, 3.63) is 48.3 Å². The third-order valence-electron chi connectivity index (χ3n) is 2.49. The highest BCUT2D eigenvalue weighted by atomic mass is 16.5. The van der Waals surface area contributed by atoms with Crippen LogP contribution in [-0.4, -0.2) is 18.1 Å². The zero-order valence-corrected chi connectivity index (χ0v) is 9.59. The smallest absolute Gasteiger partial charge is 0.309 e. The van der Waals surface area contributed by atoms with Crippen molar-refractivity contribution in [2.45, 2.75) is 6.42 Å². The molecule has 0 saturated carbocycles. The van der Waals surface area contributed by atoms with Crippen molar-refractivity contribution < 1.29 is 9.53 Å². The first-order chi connectivity index (χ1) is 8.29. The average molecular weight is 227 g/mol. The summed E-state index contributed by atoms with van der Waals surface area (Å²) >= 11 is 0. The number of pyridine rings is 1. The van der Waals surface area contributed by atoms with Gasteiger partial charge in [0.2, 0.25) is 0 Å². The number of rotatable bonds is 3. The molecule has 0 radical (unpaired) electrons. The predicted molar refractivity (Wildman–Crippen MR) is 67.4 cm³/mol. The Kier molecular flexibility index (Phi) is 3.50. The van der Waals surface area contributed by atoms with Gasteiger partial charge in [-0.05, 0) is 23.1 Å². The van der Waals surface area contributed by atoms with E-state index in [2.05, 4.69) is 15.8 Å². The summed E-state index contributed by atoms with van der Waals surface area (Å²) in [4.78, 5) is 15.0. The Morgan fingerprint density at radius 1 is 1.35 bits per heavy atom. The summed E-state index contributed by atoms with van der Waals surface area (Å²) in [6, 6.07) is 8.04. The van der Waals surface area contributed by atoms with E-state index in [0.29, 0.717) is 6.42 Å². The number of methoxy groups -OCH3 is 1. The minimum atomic E-state index is -0.230. The van der Waals surface area contributed by atoms with E-state index in [1.165, 1.54) is 7.11 Å². The van der Waals surface area contributed by atoms with Gasteiger partial charge in [0.25, 0.3) is 0 Å². The van der Waals surface area contributed by atoms with Crippen LogP contribution >= 0.6 is 0 Å². The Balaban J connectivity index is 2.16. The molecule has 3 heteroatoms. The number of ether oxygens (including phenoxy) is 1. The van der Waals surface area contributed by atoms with Crippen LogP contribution in [0.15, 0.2) is 42.7 Å². The summed E-state index contributed by atoms with van der Waals surface area (Å²) in [5, 5.41) is 2.25. The summed E-state index contributed by atoms with van der Waals surface area (Å²) in [5.41, 5.74) is 1.06. The highest BCUT2D eigenvalue weighted by Crippen LogP contribution is 2.15. The van der Waals surface area contributed by atoms with Gasteiger partial charge in [0, 0.05) is 17.8 Å². The lowest BCUT2D eigenvalue weighted by atomic mass is 10.1. The first-order valence-electron chi connectivity index (χ1n) is 5.37. The number of esters is 1. The maximum Gasteiger partial charge on any atom is 0.309 e. The summed E-state index contributed by atoms with van der Waals surface area (Å²) in [6.45, 7) is 0. The Morgan fingerprint density at radius 2 is 2.24 bits per heavy atom. The molecule has 0 aliphatic heterocycles. The van der Waals surface area contributed by atoms with Crippen molar-refractivity contribution in [2.75, 3.05) is 7.11 Å². The topological polar surface area (TPSA) is 39.2 Å². The van der Waals surface area contributed by atoms with Crippen molar-refractivity contribution in [3.8, 4) is 0 Å². The molecule has 0 amide bonds. The van der Waals surface area contributed by atoms with Gasteiger partial charge in [-0.3, -0.25) is 9.78 Å². The fourth-order valence-corrected chi connectivity index (χ4v) is 1.58. The number of fused-ring (bicyclic) bond motifs is 1. The fraction of sp³-hybridized carbons (Fsp3) is 0.143. The molecule has 1 heterocycles. The second-order valence-electron chi connectivity index (χ2n) is 3.66. The minimum Gasteiger partial charge on any atom is -0.469 e. The number of nitrogens with zero attached hydrogens (tertiary/aromatic N) is 1. The first kappa shape index (κ1) is 11.3. The monoisotopic (exact) mass is 227 g/mol. The molecule has 0 spiro atoms. The summed E-state index contributed by atoms with van der Waals surface area (Å²) in [7, 11) is 1.39. The van der Waals surface area contributed by atoms with Crippen molar-refractivity contribution in [3.63, 3.8) is 0 Å². The van der Waals surface area contributed by atoms with Gasteiger partial charge in [-0.15, -0.1) is 0 Å². The van der Waals surface area contributed by atoms with Crippen molar-refractivity contribution in [2.24, 2.45) is 0 Å². The molecule has 0 bridgehead atoms. The number of benzene rings is 1. The van der Waals surface area contributed by atoms with E-state index < -0.39 is 0 Å². The quantitative estimate of drug-likeness (QED) is 0.757. The molecule has 3 nitrogen and oxygen atoms in total. The van der Waals surface area contributed by atoms with Gasteiger partial charge < -0.3 is 4.74 Å². The van der Waals surface area contributed by atoms with Gasteiger partial charge in [0.15, 0.2) is 0 Å². The van der Waals surface area contributed by atoms with Crippen LogP contribution in [-0.2, 0) is 9.53 Å². The molecule has 2 aromatic rings. The van der Waals surface area contributed by atoms with Crippen LogP contribution in [0.3, 0.4) is 0 Å². The predicted octanol–water partition coefficient (Wildman–Crippen LogP) is 2.81. The van der Waals surface area contributed by atoms with E-state index in [0.717, 1.165) is 16.3 Å². The highest BCUT2D eigenvalue weighted by molar-refractivity contribution is 5.84. The molecular weight excluding hydrogens is 214 g/mol. The molecule has 2 rings (SSSR count). The average Bonchev–Trinajstić information content (AvgIpc) is 2.38. The van der Waals surface area contributed by atoms with E-state index >= 15 is 0 Å². The number of hydrogen-bond donors (Lipinski definition) is 0. The Hall–Kier alpha value is -2.16. The normalized spacial score (nSPS) is 10.9. The van der Waals surface area contributed by atoms with Crippen molar-refractivity contribution in [1.29, 1.82) is 0 Å². The fourth-order valence-electron chi connectivity index (χ4n) is 1.58. The minimum absolute atomic E-state index is 0.230. The van der Waals surface area contributed by atoms with Gasteiger partial charge in [0.1, 0.15) is 0 Å². The largest absolute Gasteiger partial charge is 0.469 e. The third kappa shape index (κ3) is 2.91.